The summed E-state index contributed by atoms with van der Waals surface area (Å²) in [5.74, 6) is 0. The van der Waals surface area contributed by atoms with Crippen molar-refractivity contribution in [3.8, 4) is 0 Å². The zero-order valence-corrected chi connectivity index (χ0v) is 8.95. The molecule has 0 radical (unpaired) electrons. The Morgan fingerprint density at radius 2 is 2.06 bits per heavy atom. The van der Waals surface area contributed by atoms with Gasteiger partial charge in [0.05, 0.1) is 19.8 Å². The lowest BCUT2D eigenvalue weighted by atomic mass is 10.2. The zero-order valence-electron chi connectivity index (χ0n) is 8.95. The van der Waals surface area contributed by atoms with Crippen LogP contribution in [0.25, 0.3) is 0 Å². The molecule has 1 saturated heterocycles. The van der Waals surface area contributed by atoms with Crippen LogP contribution in [0.2, 0.25) is 0 Å². The summed E-state index contributed by atoms with van der Waals surface area (Å²) in [7, 11) is 0. The van der Waals surface area contributed by atoms with Crippen molar-refractivity contribution < 1.29 is 19.7 Å². The average molecular weight is 224 g/mol. The van der Waals surface area contributed by atoms with Gasteiger partial charge in [-0.15, -0.1) is 0 Å². The normalized spacial score (nSPS) is 25.4. The van der Waals surface area contributed by atoms with Crippen LogP contribution >= 0.6 is 0 Å². The van der Waals surface area contributed by atoms with Gasteiger partial charge in [0.15, 0.2) is 0 Å². The minimum atomic E-state index is -0.787. The Labute approximate surface area is 94.4 Å². The first-order chi connectivity index (χ1) is 7.81. The Hall–Kier alpha value is -0.940. The Morgan fingerprint density at radius 1 is 1.31 bits per heavy atom. The number of ether oxygens (including phenoxy) is 2. The monoisotopic (exact) mass is 224 g/mol. The van der Waals surface area contributed by atoms with Crippen molar-refractivity contribution in [3.05, 3.63) is 35.9 Å². The van der Waals surface area contributed by atoms with Gasteiger partial charge >= 0.3 is 0 Å². The highest BCUT2D eigenvalue weighted by atomic mass is 16.6. The molecule has 1 aliphatic heterocycles. The largest absolute Gasteiger partial charge is 0.394 e. The van der Waals surface area contributed by atoms with E-state index in [1.54, 1.807) is 0 Å². The third-order valence-electron chi connectivity index (χ3n) is 2.58. The Kier molecular flexibility index (Phi) is 3.90. The molecule has 0 saturated carbocycles. The molecule has 1 heterocycles. The zero-order chi connectivity index (χ0) is 11.4. The fourth-order valence-corrected chi connectivity index (χ4v) is 1.60. The third kappa shape index (κ3) is 3.02. The van der Waals surface area contributed by atoms with Crippen molar-refractivity contribution in [2.75, 3.05) is 13.2 Å². The first-order valence-corrected chi connectivity index (χ1v) is 5.37. The number of hydrogen-bond donors (Lipinski definition) is 2. The lowest BCUT2D eigenvalue weighted by molar-refractivity contribution is 0.0706. The molecule has 0 amide bonds. The van der Waals surface area contributed by atoms with Crippen LogP contribution in [0.15, 0.2) is 30.3 Å². The van der Waals surface area contributed by atoms with Crippen LogP contribution in [-0.4, -0.2) is 41.7 Å². The second-order valence-electron chi connectivity index (χ2n) is 3.89. The van der Waals surface area contributed by atoms with E-state index in [2.05, 4.69) is 0 Å². The molecule has 1 fully saturated rings. The number of epoxide rings is 1. The molecule has 2 rings (SSSR count). The molecule has 0 unspecified atom stereocenters. The van der Waals surface area contributed by atoms with E-state index in [0.29, 0.717) is 13.2 Å². The highest BCUT2D eigenvalue weighted by molar-refractivity contribution is 5.13. The quantitative estimate of drug-likeness (QED) is 0.683. The molecule has 0 bridgehead atoms. The lowest BCUT2D eigenvalue weighted by Crippen LogP contribution is -2.22. The Bertz CT molecular complexity index is 314. The van der Waals surface area contributed by atoms with Crippen molar-refractivity contribution >= 4 is 0 Å². The lowest BCUT2D eigenvalue weighted by Gasteiger charge is -2.03. The molecule has 4 nitrogen and oxygen atoms in total. The third-order valence-corrected chi connectivity index (χ3v) is 2.58. The van der Waals surface area contributed by atoms with Crippen LogP contribution in [-0.2, 0) is 16.1 Å². The van der Waals surface area contributed by atoms with Crippen LogP contribution in [0.3, 0.4) is 0 Å². The van der Waals surface area contributed by atoms with E-state index >= 15 is 0 Å². The molecular formula is C12H16O4. The number of aliphatic hydroxyl groups is 2. The number of benzene rings is 1. The van der Waals surface area contributed by atoms with Crippen LogP contribution < -0.4 is 0 Å². The molecule has 0 spiro atoms. The molecule has 1 aliphatic rings. The smallest absolute Gasteiger partial charge is 0.115 e. The molecule has 88 valence electrons. The van der Waals surface area contributed by atoms with Crippen LogP contribution in [0.5, 0.6) is 0 Å². The van der Waals surface area contributed by atoms with Gasteiger partial charge in [0.1, 0.15) is 18.3 Å². The van der Waals surface area contributed by atoms with E-state index in [0.717, 1.165) is 5.56 Å². The molecule has 1 aromatic rings. The van der Waals surface area contributed by atoms with Gasteiger partial charge < -0.3 is 19.7 Å². The Morgan fingerprint density at radius 3 is 2.75 bits per heavy atom. The van der Waals surface area contributed by atoms with Crippen molar-refractivity contribution in [2.24, 2.45) is 0 Å². The number of rotatable bonds is 6. The second kappa shape index (κ2) is 5.41. The maximum atomic E-state index is 9.25. The van der Waals surface area contributed by atoms with E-state index in [9.17, 15) is 5.11 Å². The summed E-state index contributed by atoms with van der Waals surface area (Å²) in [6, 6.07) is 9.87. The molecule has 3 atom stereocenters. The molecule has 1 aromatic carbocycles. The van der Waals surface area contributed by atoms with E-state index in [-0.39, 0.29) is 18.8 Å². The first-order valence-electron chi connectivity index (χ1n) is 5.37. The van der Waals surface area contributed by atoms with Gasteiger partial charge in [-0.25, -0.2) is 0 Å². The van der Waals surface area contributed by atoms with Crippen LogP contribution in [0.1, 0.15) is 5.56 Å². The van der Waals surface area contributed by atoms with Gasteiger partial charge in [0.2, 0.25) is 0 Å². The standard InChI is InChI=1S/C12H16O4/c13-6-10(14)12-11(16-12)8-15-7-9-4-2-1-3-5-9/h1-5,10-14H,6-8H2/t10-,11+,12+/m1/s1. The average Bonchev–Trinajstić information content (AvgIpc) is 3.09. The van der Waals surface area contributed by atoms with Gasteiger partial charge in [-0.2, -0.15) is 0 Å². The minimum absolute atomic E-state index is 0.0779. The summed E-state index contributed by atoms with van der Waals surface area (Å²) in [6.07, 6.45) is -1.13. The summed E-state index contributed by atoms with van der Waals surface area (Å²) in [5, 5.41) is 17.9. The SMILES string of the molecule is OC[C@@H](O)[C@@H]1O[C@H]1COCc1ccccc1. The van der Waals surface area contributed by atoms with Crippen molar-refractivity contribution in [1.29, 1.82) is 0 Å². The summed E-state index contributed by atoms with van der Waals surface area (Å²) in [5.41, 5.74) is 1.11. The van der Waals surface area contributed by atoms with Crippen molar-refractivity contribution in [2.45, 2.75) is 24.9 Å². The minimum Gasteiger partial charge on any atom is -0.394 e. The van der Waals surface area contributed by atoms with E-state index in [4.69, 9.17) is 14.6 Å². The van der Waals surface area contributed by atoms with Crippen LogP contribution in [0.4, 0.5) is 0 Å². The molecule has 0 aromatic heterocycles. The molecular weight excluding hydrogens is 208 g/mol. The van der Waals surface area contributed by atoms with Gasteiger partial charge in [0, 0.05) is 0 Å². The van der Waals surface area contributed by atoms with Crippen molar-refractivity contribution in [1.82, 2.24) is 0 Å². The fraction of sp³-hybridized carbons (Fsp3) is 0.500. The van der Waals surface area contributed by atoms with E-state index in [1.807, 2.05) is 30.3 Å². The van der Waals surface area contributed by atoms with Gasteiger partial charge in [-0.3, -0.25) is 0 Å². The van der Waals surface area contributed by atoms with Gasteiger partial charge in [-0.05, 0) is 5.56 Å². The highest BCUT2D eigenvalue weighted by Gasteiger charge is 2.44. The van der Waals surface area contributed by atoms with Gasteiger partial charge in [-0.1, -0.05) is 30.3 Å². The van der Waals surface area contributed by atoms with Crippen LogP contribution in [0, 0.1) is 0 Å². The van der Waals surface area contributed by atoms with Crippen molar-refractivity contribution in [3.63, 3.8) is 0 Å². The summed E-state index contributed by atoms with van der Waals surface area (Å²) >= 11 is 0. The first kappa shape index (κ1) is 11.5. The number of aliphatic hydroxyl groups excluding tert-OH is 2. The predicted octanol–water partition coefficient (Wildman–Crippen LogP) is 0.324. The molecule has 0 aliphatic carbocycles. The second-order valence-corrected chi connectivity index (χ2v) is 3.89. The van der Waals surface area contributed by atoms with E-state index < -0.39 is 6.10 Å². The number of hydrogen-bond acceptors (Lipinski definition) is 4. The van der Waals surface area contributed by atoms with Gasteiger partial charge in [0.25, 0.3) is 0 Å². The molecule has 2 N–H and O–H groups in total. The summed E-state index contributed by atoms with van der Waals surface area (Å²) in [4.78, 5) is 0. The molecule has 16 heavy (non-hydrogen) atoms. The Balaban J connectivity index is 1.64. The maximum absolute atomic E-state index is 9.25. The summed E-state index contributed by atoms with van der Waals surface area (Å²) < 4.78 is 10.6. The topological polar surface area (TPSA) is 62.2 Å². The maximum Gasteiger partial charge on any atom is 0.115 e. The predicted molar refractivity (Wildman–Crippen MR) is 57.9 cm³/mol. The summed E-state index contributed by atoms with van der Waals surface area (Å²) in [6.45, 7) is 0.735. The van der Waals surface area contributed by atoms with E-state index in [1.165, 1.54) is 0 Å². The fourth-order valence-electron chi connectivity index (χ4n) is 1.60. The highest BCUT2D eigenvalue weighted by Crippen LogP contribution is 2.25. The molecule has 4 heteroatoms.